The van der Waals surface area contributed by atoms with Crippen LogP contribution in [0.2, 0.25) is 0 Å². The number of likely N-dealkylation sites (tertiary alicyclic amines) is 1. The van der Waals surface area contributed by atoms with E-state index < -0.39 is 5.41 Å². The number of rotatable bonds is 3. The molecule has 1 aliphatic rings. The lowest BCUT2D eigenvalue weighted by Crippen LogP contribution is -2.36. The van der Waals surface area contributed by atoms with Crippen molar-refractivity contribution in [3.63, 3.8) is 0 Å². The van der Waals surface area contributed by atoms with Crippen LogP contribution in [0.5, 0.6) is 0 Å². The smallest absolute Gasteiger partial charge is 0.313 e. The third-order valence-corrected chi connectivity index (χ3v) is 3.98. The van der Waals surface area contributed by atoms with Crippen molar-refractivity contribution in [2.75, 3.05) is 20.2 Å². The molecule has 0 bridgehead atoms. The van der Waals surface area contributed by atoms with Gasteiger partial charge >= 0.3 is 5.97 Å². The molecule has 1 heterocycles. The normalized spacial score (nSPS) is 21.9. The molecule has 0 aliphatic carbocycles. The minimum atomic E-state index is -0.558. The molecule has 0 spiro atoms. The van der Waals surface area contributed by atoms with E-state index in [-0.39, 0.29) is 11.9 Å². The van der Waals surface area contributed by atoms with Crippen molar-refractivity contribution in [2.45, 2.75) is 26.7 Å². The van der Waals surface area contributed by atoms with Crippen molar-refractivity contribution >= 4 is 11.9 Å². The zero-order valence-corrected chi connectivity index (χ0v) is 12.3. The maximum Gasteiger partial charge on any atom is 0.313 e. The maximum absolute atomic E-state index is 12.3. The van der Waals surface area contributed by atoms with Crippen molar-refractivity contribution in [2.24, 2.45) is 5.41 Å². The summed E-state index contributed by atoms with van der Waals surface area (Å²) in [6, 6.07) is 7.96. The number of carbonyl (C=O) groups excluding carboxylic acids is 2. The lowest BCUT2D eigenvalue weighted by molar-refractivity contribution is -0.151. The van der Waals surface area contributed by atoms with E-state index in [9.17, 15) is 9.59 Å². The largest absolute Gasteiger partial charge is 0.469 e. The summed E-state index contributed by atoms with van der Waals surface area (Å²) < 4.78 is 4.82. The van der Waals surface area contributed by atoms with E-state index in [0.717, 1.165) is 5.56 Å². The summed E-state index contributed by atoms with van der Waals surface area (Å²) in [5.41, 5.74) is 1.63. The Bertz CT molecular complexity index is 509. The Kier molecular flexibility index (Phi) is 4.12. The van der Waals surface area contributed by atoms with Gasteiger partial charge in [0, 0.05) is 13.1 Å². The molecule has 1 aliphatic heterocycles. The molecule has 4 nitrogen and oxygen atoms in total. The molecule has 0 N–H and O–H groups in total. The standard InChI is InChI=1S/C16H21NO3/c1-12-4-6-13(7-5-12)10-14(18)17-9-8-16(2,11-17)15(19)20-3/h4-7H,8-11H2,1-3H3/t16-/m1/s1. The van der Waals surface area contributed by atoms with Crippen LogP contribution in [0.25, 0.3) is 0 Å². The van der Waals surface area contributed by atoms with Crippen LogP contribution in [0.15, 0.2) is 24.3 Å². The summed E-state index contributed by atoms with van der Waals surface area (Å²) in [5.74, 6) is -0.162. The maximum atomic E-state index is 12.3. The number of hydrogen-bond donors (Lipinski definition) is 0. The zero-order valence-electron chi connectivity index (χ0n) is 12.3. The molecule has 1 saturated heterocycles. The lowest BCUT2D eigenvalue weighted by Gasteiger charge is -2.21. The second kappa shape index (κ2) is 5.65. The van der Waals surface area contributed by atoms with Gasteiger partial charge in [0.05, 0.1) is 18.9 Å². The molecule has 1 aromatic rings. The summed E-state index contributed by atoms with van der Waals surface area (Å²) in [5, 5.41) is 0. The van der Waals surface area contributed by atoms with Crippen LogP contribution in [0.4, 0.5) is 0 Å². The highest BCUT2D eigenvalue weighted by Gasteiger charge is 2.42. The van der Waals surface area contributed by atoms with Gasteiger partial charge in [0.15, 0.2) is 0 Å². The number of aryl methyl sites for hydroxylation is 1. The summed E-state index contributed by atoms with van der Waals surface area (Å²) in [6.07, 6.45) is 1.05. The van der Waals surface area contributed by atoms with E-state index >= 15 is 0 Å². The number of nitrogens with zero attached hydrogens (tertiary/aromatic N) is 1. The van der Waals surface area contributed by atoms with Crippen LogP contribution in [-0.2, 0) is 20.7 Å². The number of carbonyl (C=O) groups is 2. The first-order valence-corrected chi connectivity index (χ1v) is 6.86. The van der Waals surface area contributed by atoms with Gasteiger partial charge in [-0.2, -0.15) is 0 Å². The molecule has 20 heavy (non-hydrogen) atoms. The van der Waals surface area contributed by atoms with Gasteiger partial charge in [0.2, 0.25) is 5.91 Å². The van der Waals surface area contributed by atoms with Crippen LogP contribution in [-0.4, -0.2) is 37.0 Å². The first-order valence-electron chi connectivity index (χ1n) is 6.86. The van der Waals surface area contributed by atoms with Gasteiger partial charge in [-0.05, 0) is 25.8 Å². The van der Waals surface area contributed by atoms with Gasteiger partial charge in [-0.15, -0.1) is 0 Å². The first kappa shape index (κ1) is 14.6. The Labute approximate surface area is 119 Å². The molecule has 1 fully saturated rings. The molecule has 2 rings (SSSR count). The number of esters is 1. The monoisotopic (exact) mass is 275 g/mol. The van der Waals surface area contributed by atoms with Crippen LogP contribution in [0.3, 0.4) is 0 Å². The Morgan fingerprint density at radius 1 is 1.30 bits per heavy atom. The Hall–Kier alpha value is -1.84. The van der Waals surface area contributed by atoms with Gasteiger partial charge in [-0.3, -0.25) is 9.59 Å². The van der Waals surface area contributed by atoms with Crippen molar-refractivity contribution < 1.29 is 14.3 Å². The van der Waals surface area contributed by atoms with Crippen molar-refractivity contribution in [1.82, 2.24) is 4.90 Å². The van der Waals surface area contributed by atoms with Gasteiger partial charge in [0.1, 0.15) is 0 Å². The number of benzene rings is 1. The zero-order chi connectivity index (χ0) is 14.8. The number of hydrogen-bond acceptors (Lipinski definition) is 3. The average molecular weight is 275 g/mol. The predicted molar refractivity (Wildman–Crippen MR) is 76.2 cm³/mol. The van der Waals surface area contributed by atoms with Crippen LogP contribution in [0, 0.1) is 12.3 Å². The van der Waals surface area contributed by atoms with Gasteiger partial charge in [-0.25, -0.2) is 0 Å². The van der Waals surface area contributed by atoms with Gasteiger partial charge in [-0.1, -0.05) is 29.8 Å². The quantitative estimate of drug-likeness (QED) is 0.792. The molecule has 1 aromatic carbocycles. The van der Waals surface area contributed by atoms with E-state index in [1.165, 1.54) is 12.7 Å². The molecule has 0 unspecified atom stereocenters. The van der Waals surface area contributed by atoms with E-state index in [1.54, 1.807) is 4.90 Å². The number of amides is 1. The third kappa shape index (κ3) is 3.00. The Balaban J connectivity index is 1.98. The highest BCUT2D eigenvalue weighted by Crippen LogP contribution is 2.31. The van der Waals surface area contributed by atoms with E-state index in [0.29, 0.717) is 25.9 Å². The summed E-state index contributed by atoms with van der Waals surface area (Å²) in [4.78, 5) is 25.8. The van der Waals surface area contributed by atoms with Crippen LogP contribution < -0.4 is 0 Å². The Morgan fingerprint density at radius 3 is 2.55 bits per heavy atom. The topological polar surface area (TPSA) is 46.6 Å². The molecule has 1 atom stereocenters. The lowest BCUT2D eigenvalue weighted by atomic mass is 9.90. The fourth-order valence-corrected chi connectivity index (χ4v) is 2.58. The van der Waals surface area contributed by atoms with Crippen LogP contribution in [0.1, 0.15) is 24.5 Å². The Morgan fingerprint density at radius 2 is 1.95 bits per heavy atom. The predicted octanol–water partition coefficient (Wildman–Crippen LogP) is 1.95. The third-order valence-electron chi connectivity index (χ3n) is 3.98. The second-order valence-corrected chi connectivity index (χ2v) is 5.78. The molecule has 0 radical (unpaired) electrons. The van der Waals surface area contributed by atoms with E-state index in [1.807, 2.05) is 38.1 Å². The fraction of sp³-hybridized carbons (Fsp3) is 0.500. The molecular weight excluding hydrogens is 254 g/mol. The van der Waals surface area contributed by atoms with Gasteiger partial charge < -0.3 is 9.64 Å². The highest BCUT2D eigenvalue weighted by molar-refractivity contribution is 5.82. The summed E-state index contributed by atoms with van der Waals surface area (Å²) in [6.45, 7) is 4.95. The second-order valence-electron chi connectivity index (χ2n) is 5.78. The minimum absolute atomic E-state index is 0.0708. The molecular formula is C16H21NO3. The summed E-state index contributed by atoms with van der Waals surface area (Å²) in [7, 11) is 1.39. The van der Waals surface area contributed by atoms with Crippen molar-refractivity contribution in [3.8, 4) is 0 Å². The molecule has 4 heteroatoms. The first-order chi connectivity index (χ1) is 9.44. The van der Waals surface area contributed by atoms with E-state index in [2.05, 4.69) is 0 Å². The van der Waals surface area contributed by atoms with Crippen molar-refractivity contribution in [1.29, 1.82) is 0 Å². The average Bonchev–Trinajstić information content (AvgIpc) is 2.84. The molecule has 108 valence electrons. The summed E-state index contributed by atoms with van der Waals surface area (Å²) >= 11 is 0. The fourth-order valence-electron chi connectivity index (χ4n) is 2.58. The number of methoxy groups -OCH3 is 1. The number of ether oxygens (including phenoxy) is 1. The molecule has 1 amide bonds. The molecule has 0 saturated carbocycles. The molecule has 0 aromatic heterocycles. The minimum Gasteiger partial charge on any atom is -0.469 e. The van der Waals surface area contributed by atoms with E-state index in [4.69, 9.17) is 4.74 Å². The SMILES string of the molecule is COC(=O)[C@]1(C)CCN(C(=O)Cc2ccc(C)cc2)C1. The highest BCUT2D eigenvalue weighted by atomic mass is 16.5. The van der Waals surface area contributed by atoms with Crippen LogP contribution >= 0.6 is 0 Å². The van der Waals surface area contributed by atoms with Crippen molar-refractivity contribution in [3.05, 3.63) is 35.4 Å². The van der Waals surface area contributed by atoms with Gasteiger partial charge in [0.25, 0.3) is 0 Å².